The lowest BCUT2D eigenvalue weighted by molar-refractivity contribution is 0.200. The van der Waals surface area contributed by atoms with E-state index in [2.05, 4.69) is 49.1 Å². The number of fused-ring (bicyclic) bond motifs is 3. The van der Waals surface area contributed by atoms with Crippen molar-refractivity contribution in [3.63, 3.8) is 0 Å². The summed E-state index contributed by atoms with van der Waals surface area (Å²) >= 11 is 0. The number of rotatable bonds is 4. The van der Waals surface area contributed by atoms with Crippen LogP contribution < -0.4 is 15.0 Å². The highest BCUT2D eigenvalue weighted by Crippen LogP contribution is 2.51. The number of likely N-dealkylation sites (tertiary alicyclic amines) is 1. The number of unbranched alkanes of at least 4 members (excludes halogenated alkanes) is 1. The van der Waals surface area contributed by atoms with Crippen molar-refractivity contribution in [2.75, 3.05) is 32.1 Å². The molecule has 2 aliphatic rings. The number of carbonyl (C=O) groups is 1. The predicted octanol–water partition coefficient (Wildman–Crippen LogP) is 2.94. The predicted molar refractivity (Wildman–Crippen MR) is 92.2 cm³/mol. The quantitative estimate of drug-likeness (QED) is 0.867. The fourth-order valence-corrected chi connectivity index (χ4v) is 4.13. The molecule has 1 fully saturated rings. The van der Waals surface area contributed by atoms with Crippen molar-refractivity contribution < 1.29 is 9.53 Å². The van der Waals surface area contributed by atoms with E-state index in [1.807, 2.05) is 12.1 Å². The molecule has 1 N–H and O–H groups in total. The Kier molecular flexibility index (Phi) is 4.23. The van der Waals surface area contributed by atoms with Gasteiger partial charge in [-0.25, -0.2) is 4.79 Å². The summed E-state index contributed by atoms with van der Waals surface area (Å²) in [6, 6.07) is 6.00. The number of nitrogens with one attached hydrogen (secondary N) is 1. The Labute approximate surface area is 138 Å². The third-order valence-corrected chi connectivity index (χ3v) is 5.31. The number of carbonyl (C=O) groups excluding carboxylic acids is 1. The lowest BCUT2D eigenvalue weighted by Gasteiger charge is -2.32. The molecule has 5 nitrogen and oxygen atoms in total. The van der Waals surface area contributed by atoms with Gasteiger partial charge < -0.3 is 15.0 Å². The standard InChI is InChI=1S/C18H27N3O2/c1-5-6-10-19-17(22)23-13-7-8-15-14(12-13)18(2)9-11-20(3)16(18)21(15)4/h7-8,12,16H,5-6,9-11H2,1-4H3,(H,19,22)/t16-,18+/m1/s1. The summed E-state index contributed by atoms with van der Waals surface area (Å²) in [5.74, 6) is 0.627. The molecule has 0 saturated carbocycles. The molecular weight excluding hydrogens is 290 g/mol. The lowest BCUT2D eigenvalue weighted by Crippen LogP contribution is -2.45. The molecule has 126 valence electrons. The second kappa shape index (κ2) is 6.04. The van der Waals surface area contributed by atoms with Crippen molar-refractivity contribution in [2.24, 2.45) is 0 Å². The third-order valence-electron chi connectivity index (χ3n) is 5.31. The Hall–Kier alpha value is -1.75. The highest BCUT2D eigenvalue weighted by atomic mass is 16.6. The summed E-state index contributed by atoms with van der Waals surface area (Å²) in [6.45, 7) is 6.16. The number of amides is 1. The molecule has 1 amide bonds. The summed E-state index contributed by atoms with van der Waals surface area (Å²) < 4.78 is 5.46. The van der Waals surface area contributed by atoms with Crippen LogP contribution in [0.4, 0.5) is 10.5 Å². The third kappa shape index (κ3) is 2.67. The van der Waals surface area contributed by atoms with Crippen LogP contribution in [0.5, 0.6) is 5.75 Å². The molecule has 0 bridgehead atoms. The monoisotopic (exact) mass is 317 g/mol. The van der Waals surface area contributed by atoms with Crippen molar-refractivity contribution in [1.82, 2.24) is 10.2 Å². The number of anilines is 1. The number of hydrogen-bond donors (Lipinski definition) is 1. The maximum absolute atomic E-state index is 11.9. The van der Waals surface area contributed by atoms with Gasteiger partial charge in [-0.2, -0.15) is 0 Å². The Morgan fingerprint density at radius 3 is 2.96 bits per heavy atom. The second-order valence-corrected chi connectivity index (χ2v) is 6.98. The Morgan fingerprint density at radius 2 is 2.22 bits per heavy atom. The molecule has 0 aliphatic carbocycles. The molecular formula is C18H27N3O2. The van der Waals surface area contributed by atoms with E-state index >= 15 is 0 Å². The van der Waals surface area contributed by atoms with Gasteiger partial charge in [-0.05, 0) is 43.7 Å². The first-order valence-electron chi connectivity index (χ1n) is 8.50. The molecule has 5 heteroatoms. The molecule has 2 aliphatic heterocycles. The van der Waals surface area contributed by atoms with Crippen LogP contribution in [0.1, 0.15) is 38.7 Å². The van der Waals surface area contributed by atoms with Crippen molar-refractivity contribution >= 4 is 11.8 Å². The average molecular weight is 317 g/mol. The summed E-state index contributed by atoms with van der Waals surface area (Å²) in [5, 5.41) is 2.79. The van der Waals surface area contributed by atoms with Crippen LogP contribution in [0.15, 0.2) is 18.2 Å². The lowest BCUT2D eigenvalue weighted by atomic mass is 9.81. The maximum Gasteiger partial charge on any atom is 0.412 e. The maximum atomic E-state index is 11.9. The van der Waals surface area contributed by atoms with Crippen LogP contribution in [0.3, 0.4) is 0 Å². The van der Waals surface area contributed by atoms with Crippen molar-refractivity contribution in [3.8, 4) is 5.75 Å². The van der Waals surface area contributed by atoms with E-state index in [1.165, 1.54) is 11.3 Å². The number of nitrogens with zero attached hydrogens (tertiary/aromatic N) is 2. The molecule has 0 unspecified atom stereocenters. The molecule has 1 saturated heterocycles. The summed E-state index contributed by atoms with van der Waals surface area (Å²) in [5.41, 5.74) is 2.62. The van der Waals surface area contributed by atoms with Gasteiger partial charge in [-0.1, -0.05) is 20.3 Å². The van der Waals surface area contributed by atoms with E-state index in [4.69, 9.17) is 4.74 Å². The largest absolute Gasteiger partial charge is 0.412 e. The smallest absolute Gasteiger partial charge is 0.410 e. The van der Waals surface area contributed by atoms with E-state index in [-0.39, 0.29) is 11.5 Å². The van der Waals surface area contributed by atoms with E-state index in [0.29, 0.717) is 18.5 Å². The van der Waals surface area contributed by atoms with Gasteiger partial charge in [0.05, 0.1) is 6.17 Å². The van der Waals surface area contributed by atoms with Crippen molar-refractivity contribution in [1.29, 1.82) is 0 Å². The van der Waals surface area contributed by atoms with Crippen LogP contribution in [-0.4, -0.2) is 44.3 Å². The minimum absolute atomic E-state index is 0.0941. The Balaban J connectivity index is 1.78. The number of likely N-dealkylation sites (N-methyl/N-ethyl adjacent to an activating group) is 2. The van der Waals surface area contributed by atoms with E-state index < -0.39 is 0 Å². The molecule has 3 rings (SSSR count). The molecule has 0 radical (unpaired) electrons. The minimum Gasteiger partial charge on any atom is -0.410 e. The summed E-state index contributed by atoms with van der Waals surface area (Å²) in [6.07, 6.45) is 3.16. The molecule has 1 aromatic rings. The first-order chi connectivity index (χ1) is 11.0. The zero-order chi connectivity index (χ0) is 16.6. The van der Waals surface area contributed by atoms with E-state index in [0.717, 1.165) is 25.8 Å². The second-order valence-electron chi connectivity index (χ2n) is 6.98. The van der Waals surface area contributed by atoms with Gasteiger partial charge in [0.1, 0.15) is 5.75 Å². The number of hydrogen-bond acceptors (Lipinski definition) is 4. The number of benzene rings is 1. The SMILES string of the molecule is CCCCNC(=O)Oc1ccc2c(c1)[C@]1(C)CCN(C)[C@@H]1N2C. The first-order valence-corrected chi connectivity index (χ1v) is 8.50. The Morgan fingerprint density at radius 1 is 1.43 bits per heavy atom. The number of ether oxygens (including phenoxy) is 1. The van der Waals surface area contributed by atoms with Gasteiger partial charge in [0.25, 0.3) is 0 Å². The molecule has 2 atom stereocenters. The fraction of sp³-hybridized carbons (Fsp3) is 0.611. The van der Waals surface area contributed by atoms with Gasteiger partial charge in [0, 0.05) is 31.2 Å². The van der Waals surface area contributed by atoms with Crippen LogP contribution in [0, 0.1) is 0 Å². The molecule has 23 heavy (non-hydrogen) atoms. The highest BCUT2D eigenvalue weighted by Gasteiger charge is 2.52. The zero-order valence-electron chi connectivity index (χ0n) is 14.6. The van der Waals surface area contributed by atoms with Crippen molar-refractivity contribution in [3.05, 3.63) is 23.8 Å². The van der Waals surface area contributed by atoms with Gasteiger partial charge in [0.2, 0.25) is 0 Å². The van der Waals surface area contributed by atoms with Gasteiger partial charge in [0.15, 0.2) is 0 Å². The topological polar surface area (TPSA) is 44.8 Å². The summed E-state index contributed by atoms with van der Waals surface area (Å²) in [4.78, 5) is 16.6. The van der Waals surface area contributed by atoms with Crippen LogP contribution in [-0.2, 0) is 5.41 Å². The van der Waals surface area contributed by atoms with Crippen LogP contribution in [0.2, 0.25) is 0 Å². The van der Waals surface area contributed by atoms with E-state index in [9.17, 15) is 4.79 Å². The van der Waals surface area contributed by atoms with Crippen LogP contribution in [0.25, 0.3) is 0 Å². The van der Waals surface area contributed by atoms with Crippen molar-refractivity contribution in [2.45, 2.75) is 44.7 Å². The normalized spacial score (nSPS) is 26.1. The Bertz CT molecular complexity index is 604. The average Bonchev–Trinajstić information content (AvgIpc) is 2.93. The summed E-state index contributed by atoms with van der Waals surface area (Å²) in [7, 11) is 4.32. The fourth-order valence-electron chi connectivity index (χ4n) is 4.13. The van der Waals surface area contributed by atoms with Gasteiger partial charge in [-0.15, -0.1) is 0 Å². The van der Waals surface area contributed by atoms with Gasteiger partial charge >= 0.3 is 6.09 Å². The van der Waals surface area contributed by atoms with Crippen LogP contribution >= 0.6 is 0 Å². The minimum atomic E-state index is -0.366. The zero-order valence-corrected chi connectivity index (χ0v) is 14.6. The molecule has 2 heterocycles. The first kappa shape index (κ1) is 16.1. The molecule has 1 aromatic carbocycles. The molecule has 0 spiro atoms. The van der Waals surface area contributed by atoms with Gasteiger partial charge in [-0.3, -0.25) is 4.90 Å². The highest BCUT2D eigenvalue weighted by molar-refractivity contribution is 5.72. The van der Waals surface area contributed by atoms with E-state index in [1.54, 1.807) is 0 Å². The molecule has 0 aromatic heterocycles.